The molecule has 4 rings (SSSR count). The maximum Gasteiger partial charge on any atom is 0.341 e. The first-order valence-corrected chi connectivity index (χ1v) is 11.7. The first-order chi connectivity index (χ1) is 16.4. The summed E-state index contributed by atoms with van der Waals surface area (Å²) in [6.45, 7) is 12.8. The second-order valence-electron chi connectivity index (χ2n) is 10.7. The molecule has 35 heavy (non-hydrogen) atoms. The number of aromatic nitrogens is 6. The van der Waals surface area contributed by atoms with Crippen molar-refractivity contribution in [3.05, 3.63) is 41.9 Å². The van der Waals surface area contributed by atoms with Gasteiger partial charge < -0.3 is 21.1 Å². The fraction of sp³-hybridized carbons (Fsp3) is 0.500. The molecule has 1 aliphatic heterocycles. The Morgan fingerprint density at radius 3 is 2.51 bits per heavy atom. The molecule has 0 saturated carbocycles. The van der Waals surface area contributed by atoms with Crippen LogP contribution in [0.1, 0.15) is 76.2 Å². The van der Waals surface area contributed by atoms with Crippen molar-refractivity contribution in [2.24, 2.45) is 0 Å². The number of carboxylic acids is 1. The van der Waals surface area contributed by atoms with Gasteiger partial charge in [-0.05, 0) is 74.6 Å². The molecule has 2 aromatic heterocycles. The molecule has 0 spiro atoms. The summed E-state index contributed by atoms with van der Waals surface area (Å²) in [5, 5.41) is 31.5. The van der Waals surface area contributed by atoms with Gasteiger partial charge in [0.1, 0.15) is 17.7 Å². The number of nitrogens with zero attached hydrogens (tertiary/aromatic N) is 6. The van der Waals surface area contributed by atoms with Gasteiger partial charge in [-0.1, -0.05) is 19.9 Å². The molecule has 186 valence electrons. The van der Waals surface area contributed by atoms with Crippen LogP contribution in [0.25, 0.3) is 5.69 Å². The molecular weight excluding hydrogens is 446 g/mol. The van der Waals surface area contributed by atoms with E-state index in [1.54, 1.807) is 11.0 Å². The van der Waals surface area contributed by atoms with Crippen LogP contribution >= 0.6 is 0 Å². The van der Waals surface area contributed by atoms with Crippen LogP contribution in [-0.4, -0.2) is 58.4 Å². The van der Waals surface area contributed by atoms with Crippen molar-refractivity contribution < 1.29 is 9.90 Å². The lowest BCUT2D eigenvalue weighted by molar-refractivity contribution is 0.0697. The lowest BCUT2D eigenvalue weighted by Gasteiger charge is -2.46. The average Bonchev–Trinajstić information content (AvgIpc) is 3.26. The lowest BCUT2D eigenvalue weighted by atomic mass is 9.79. The third-order valence-electron chi connectivity index (χ3n) is 6.05. The van der Waals surface area contributed by atoms with E-state index in [2.05, 4.69) is 83.0 Å². The zero-order valence-corrected chi connectivity index (χ0v) is 21.0. The Labute approximate surface area is 204 Å². The molecule has 3 aromatic rings. The summed E-state index contributed by atoms with van der Waals surface area (Å²) in [5.41, 5.74) is 2.51. The zero-order valence-electron chi connectivity index (χ0n) is 21.0. The van der Waals surface area contributed by atoms with E-state index in [1.807, 2.05) is 18.2 Å². The van der Waals surface area contributed by atoms with Gasteiger partial charge >= 0.3 is 5.97 Å². The van der Waals surface area contributed by atoms with E-state index in [0.29, 0.717) is 11.8 Å². The predicted molar refractivity (Wildman–Crippen MR) is 133 cm³/mol. The summed E-state index contributed by atoms with van der Waals surface area (Å²) in [6.07, 6.45) is 4.54. The van der Waals surface area contributed by atoms with Crippen molar-refractivity contribution >= 4 is 23.4 Å². The number of piperidine rings is 1. The topological polar surface area (TPSA) is 143 Å². The second-order valence-corrected chi connectivity index (χ2v) is 10.7. The molecule has 11 heteroatoms. The number of anilines is 3. The molecule has 1 aliphatic rings. The van der Waals surface area contributed by atoms with E-state index in [1.165, 1.54) is 6.20 Å². The average molecular weight is 480 g/mol. The number of hydrogen-bond donors (Lipinski definition) is 4. The van der Waals surface area contributed by atoms with Crippen molar-refractivity contribution in [3.63, 3.8) is 0 Å². The van der Waals surface area contributed by atoms with Crippen molar-refractivity contribution in [3.8, 4) is 5.69 Å². The quantitative estimate of drug-likeness (QED) is 0.396. The van der Waals surface area contributed by atoms with Crippen LogP contribution in [0.2, 0.25) is 0 Å². The number of tetrazole rings is 1. The number of carbonyl (C=O) groups is 1. The highest BCUT2D eigenvalue weighted by molar-refractivity contribution is 5.93. The van der Waals surface area contributed by atoms with Crippen molar-refractivity contribution in [1.82, 2.24) is 35.5 Å². The largest absolute Gasteiger partial charge is 0.477 e. The molecule has 0 atom stereocenters. The monoisotopic (exact) mass is 479 g/mol. The maximum atomic E-state index is 11.9. The molecular formula is C24H33N9O2. The standard InChI is InChI=1S/C24H33N9O2/c1-14(2)17-8-7-15(9-19(17)33-13-26-31-32-33)28-22-25-12-18(21(34)35)20(29-22)27-16-10-23(3,4)30-24(5,6)11-16/h7-9,12-14,16,30H,10-11H2,1-6H3,(H,34,35)(H2,25,27,28,29). The number of aromatic carboxylic acids is 1. The van der Waals surface area contributed by atoms with Gasteiger partial charge in [0.2, 0.25) is 5.95 Å². The van der Waals surface area contributed by atoms with E-state index in [-0.39, 0.29) is 28.6 Å². The van der Waals surface area contributed by atoms with Gasteiger partial charge in [0.05, 0.1) is 5.69 Å². The highest BCUT2D eigenvalue weighted by atomic mass is 16.4. The number of hydrogen-bond acceptors (Lipinski definition) is 9. The van der Waals surface area contributed by atoms with E-state index >= 15 is 0 Å². The summed E-state index contributed by atoms with van der Waals surface area (Å²) in [5.74, 6) is -0.213. The SMILES string of the molecule is CC(C)c1ccc(Nc2ncc(C(=O)O)c(NC3CC(C)(C)NC(C)(C)C3)n2)cc1-n1cnnn1. The Bertz CT molecular complexity index is 1190. The Hall–Kier alpha value is -3.60. The second kappa shape index (κ2) is 9.21. The van der Waals surface area contributed by atoms with E-state index in [0.717, 1.165) is 29.8 Å². The Kier molecular flexibility index (Phi) is 6.46. The number of nitrogens with one attached hydrogen (secondary N) is 3. The van der Waals surface area contributed by atoms with Crippen LogP contribution < -0.4 is 16.0 Å². The van der Waals surface area contributed by atoms with Crippen molar-refractivity contribution in [1.29, 1.82) is 0 Å². The molecule has 0 radical (unpaired) electrons. The van der Waals surface area contributed by atoms with Crippen LogP contribution in [0.4, 0.5) is 17.5 Å². The lowest BCUT2D eigenvalue weighted by Crippen LogP contribution is -2.60. The molecule has 3 heterocycles. The Balaban J connectivity index is 1.63. The van der Waals surface area contributed by atoms with E-state index in [4.69, 9.17) is 0 Å². The molecule has 11 nitrogen and oxygen atoms in total. The predicted octanol–water partition coefficient (Wildman–Crippen LogP) is 3.74. The summed E-state index contributed by atoms with van der Waals surface area (Å²) in [7, 11) is 0. The van der Waals surface area contributed by atoms with Crippen molar-refractivity contribution in [2.45, 2.75) is 77.4 Å². The molecule has 0 bridgehead atoms. The normalized spacial score (nSPS) is 17.3. The Morgan fingerprint density at radius 1 is 1.20 bits per heavy atom. The fourth-order valence-corrected chi connectivity index (χ4v) is 5.04. The summed E-state index contributed by atoms with van der Waals surface area (Å²) in [4.78, 5) is 20.7. The number of rotatable bonds is 7. The van der Waals surface area contributed by atoms with Gasteiger partial charge in [-0.2, -0.15) is 4.98 Å². The Morgan fingerprint density at radius 2 is 1.91 bits per heavy atom. The molecule has 1 saturated heterocycles. The highest BCUT2D eigenvalue weighted by Gasteiger charge is 2.38. The minimum Gasteiger partial charge on any atom is -0.477 e. The summed E-state index contributed by atoms with van der Waals surface area (Å²) < 4.78 is 1.61. The molecule has 0 amide bonds. The number of carboxylic acid groups (broad SMARTS) is 1. The van der Waals surface area contributed by atoms with Gasteiger partial charge in [-0.3, -0.25) is 0 Å². The van der Waals surface area contributed by atoms with Gasteiger partial charge in [0.15, 0.2) is 0 Å². The summed E-state index contributed by atoms with van der Waals surface area (Å²) in [6, 6.07) is 5.92. The first-order valence-electron chi connectivity index (χ1n) is 11.7. The highest BCUT2D eigenvalue weighted by Crippen LogP contribution is 2.31. The smallest absolute Gasteiger partial charge is 0.341 e. The van der Waals surface area contributed by atoms with E-state index < -0.39 is 5.97 Å². The van der Waals surface area contributed by atoms with Crippen LogP contribution in [-0.2, 0) is 0 Å². The minimum atomic E-state index is -1.08. The van der Waals surface area contributed by atoms with E-state index in [9.17, 15) is 9.90 Å². The fourth-order valence-electron chi connectivity index (χ4n) is 5.04. The first kappa shape index (κ1) is 24.5. The van der Waals surface area contributed by atoms with Crippen molar-refractivity contribution in [2.75, 3.05) is 10.6 Å². The van der Waals surface area contributed by atoms with Crippen LogP contribution in [0.3, 0.4) is 0 Å². The third-order valence-corrected chi connectivity index (χ3v) is 6.05. The molecule has 0 aliphatic carbocycles. The third kappa shape index (κ3) is 5.73. The van der Waals surface area contributed by atoms with Crippen LogP contribution in [0.5, 0.6) is 0 Å². The zero-order chi connectivity index (χ0) is 25.4. The van der Waals surface area contributed by atoms with Gasteiger partial charge in [-0.25, -0.2) is 14.5 Å². The van der Waals surface area contributed by atoms with Crippen LogP contribution in [0.15, 0.2) is 30.7 Å². The van der Waals surface area contributed by atoms with Gasteiger partial charge in [0, 0.05) is 29.0 Å². The summed E-state index contributed by atoms with van der Waals surface area (Å²) >= 11 is 0. The molecule has 1 aromatic carbocycles. The van der Waals surface area contributed by atoms with Gasteiger partial charge in [0.25, 0.3) is 0 Å². The number of benzene rings is 1. The van der Waals surface area contributed by atoms with Gasteiger partial charge in [-0.15, -0.1) is 5.10 Å². The molecule has 0 unspecified atom stereocenters. The minimum absolute atomic E-state index is 0.0363. The molecule has 1 fully saturated rings. The maximum absolute atomic E-state index is 11.9. The molecule has 4 N–H and O–H groups in total. The van der Waals surface area contributed by atoms with Crippen LogP contribution in [0, 0.1) is 0 Å².